The van der Waals surface area contributed by atoms with Crippen LogP contribution in [0, 0.1) is 0 Å². The molecule has 6 nitrogen and oxygen atoms in total. The van der Waals surface area contributed by atoms with Crippen LogP contribution in [0.5, 0.6) is 0 Å². The number of hydrogen-bond acceptors (Lipinski definition) is 6. The Morgan fingerprint density at radius 3 is 2.59 bits per heavy atom. The lowest BCUT2D eigenvalue weighted by Gasteiger charge is -2.23. The Bertz CT molecular complexity index is 1040. The fourth-order valence-corrected chi connectivity index (χ4v) is 4.40. The van der Waals surface area contributed by atoms with Gasteiger partial charge in [-0.25, -0.2) is 9.66 Å². The molecule has 3 N–H and O–H groups in total. The van der Waals surface area contributed by atoms with E-state index in [1.165, 1.54) is 23.1 Å². The van der Waals surface area contributed by atoms with Crippen molar-refractivity contribution in [1.29, 1.82) is 0 Å². The standard InChI is InChI=1S/C19H22N4O2S2/c1-11(15(24)22-19(2,3)4)27-18-21-16-14(17(25)23(18)20)13(10-26-16)12-8-6-5-7-9-12/h5-11H,20H2,1-4H3,(H,22,24)/t11-/m1/s1. The first-order valence-electron chi connectivity index (χ1n) is 8.51. The van der Waals surface area contributed by atoms with Gasteiger partial charge in [0.1, 0.15) is 4.83 Å². The van der Waals surface area contributed by atoms with Crippen molar-refractivity contribution < 1.29 is 4.79 Å². The number of nitrogen functional groups attached to an aromatic ring is 1. The smallest absolute Gasteiger partial charge is 0.282 e. The zero-order valence-electron chi connectivity index (χ0n) is 15.6. The van der Waals surface area contributed by atoms with Crippen LogP contribution in [-0.2, 0) is 4.79 Å². The van der Waals surface area contributed by atoms with Gasteiger partial charge in [0.25, 0.3) is 5.56 Å². The third kappa shape index (κ3) is 4.17. The normalized spacial score (nSPS) is 12.9. The predicted molar refractivity (Wildman–Crippen MR) is 113 cm³/mol. The maximum absolute atomic E-state index is 12.9. The van der Waals surface area contributed by atoms with Crippen LogP contribution in [0.3, 0.4) is 0 Å². The van der Waals surface area contributed by atoms with Crippen molar-refractivity contribution in [1.82, 2.24) is 15.0 Å². The molecule has 0 bridgehead atoms. The number of hydrogen-bond donors (Lipinski definition) is 2. The van der Waals surface area contributed by atoms with E-state index in [1.807, 2.05) is 56.5 Å². The Labute approximate surface area is 165 Å². The molecule has 0 aliphatic heterocycles. The Balaban J connectivity index is 1.97. The monoisotopic (exact) mass is 402 g/mol. The molecule has 1 amide bonds. The maximum Gasteiger partial charge on any atom is 0.282 e. The van der Waals surface area contributed by atoms with Crippen molar-refractivity contribution >= 4 is 39.2 Å². The van der Waals surface area contributed by atoms with Gasteiger partial charge in [-0.3, -0.25) is 9.59 Å². The molecule has 0 radical (unpaired) electrons. The van der Waals surface area contributed by atoms with Gasteiger partial charge in [-0.05, 0) is 33.3 Å². The average molecular weight is 403 g/mol. The molecule has 8 heteroatoms. The minimum Gasteiger partial charge on any atom is -0.351 e. The van der Waals surface area contributed by atoms with E-state index < -0.39 is 5.25 Å². The number of nitrogens with two attached hydrogens (primary N) is 1. The summed E-state index contributed by atoms with van der Waals surface area (Å²) in [7, 11) is 0. The van der Waals surface area contributed by atoms with Crippen LogP contribution < -0.4 is 16.7 Å². The minimum absolute atomic E-state index is 0.127. The molecule has 0 fully saturated rings. The second-order valence-electron chi connectivity index (χ2n) is 7.26. The van der Waals surface area contributed by atoms with Gasteiger partial charge in [0.2, 0.25) is 5.91 Å². The molecule has 142 valence electrons. The Hall–Kier alpha value is -2.32. The number of carbonyl (C=O) groups excluding carboxylic acids is 1. The number of nitrogens with one attached hydrogen (secondary N) is 1. The van der Waals surface area contributed by atoms with Crippen molar-refractivity contribution in [3.63, 3.8) is 0 Å². The van der Waals surface area contributed by atoms with Crippen molar-refractivity contribution in [2.45, 2.75) is 43.6 Å². The number of aromatic nitrogens is 2. The Morgan fingerprint density at radius 2 is 1.96 bits per heavy atom. The molecule has 3 aromatic rings. The summed E-state index contributed by atoms with van der Waals surface area (Å²) in [5, 5.41) is 5.23. The first-order valence-corrected chi connectivity index (χ1v) is 10.3. The van der Waals surface area contributed by atoms with Crippen LogP contribution >= 0.6 is 23.1 Å². The molecule has 2 aromatic heterocycles. The van der Waals surface area contributed by atoms with Gasteiger partial charge < -0.3 is 11.2 Å². The summed E-state index contributed by atoms with van der Waals surface area (Å²) in [5.41, 5.74) is 1.12. The molecule has 0 spiro atoms. The van der Waals surface area contributed by atoms with Gasteiger partial charge in [-0.1, -0.05) is 42.1 Å². The molecular weight excluding hydrogens is 380 g/mol. The number of nitrogens with zero attached hydrogens (tertiary/aromatic N) is 2. The number of fused-ring (bicyclic) bond motifs is 1. The molecule has 1 aromatic carbocycles. The Morgan fingerprint density at radius 1 is 1.30 bits per heavy atom. The summed E-state index contributed by atoms with van der Waals surface area (Å²) < 4.78 is 1.03. The summed E-state index contributed by atoms with van der Waals surface area (Å²) in [6.07, 6.45) is 0. The van der Waals surface area contributed by atoms with Gasteiger partial charge in [0.15, 0.2) is 5.16 Å². The molecule has 27 heavy (non-hydrogen) atoms. The molecule has 0 aliphatic rings. The third-order valence-electron chi connectivity index (χ3n) is 3.84. The molecule has 2 heterocycles. The molecule has 0 unspecified atom stereocenters. The lowest BCUT2D eigenvalue weighted by molar-refractivity contribution is -0.121. The highest BCUT2D eigenvalue weighted by molar-refractivity contribution is 8.00. The van der Waals surface area contributed by atoms with Crippen molar-refractivity contribution in [3.8, 4) is 11.1 Å². The van der Waals surface area contributed by atoms with E-state index >= 15 is 0 Å². The summed E-state index contributed by atoms with van der Waals surface area (Å²) in [5.74, 6) is 5.90. The van der Waals surface area contributed by atoms with E-state index in [-0.39, 0.29) is 17.0 Å². The summed E-state index contributed by atoms with van der Waals surface area (Å²) in [4.78, 5) is 30.4. The van der Waals surface area contributed by atoms with Crippen LogP contribution in [0.25, 0.3) is 21.3 Å². The number of amides is 1. The first-order chi connectivity index (χ1) is 12.7. The van der Waals surface area contributed by atoms with Gasteiger partial charge in [0.05, 0.1) is 10.6 Å². The number of thioether (sulfide) groups is 1. The molecule has 0 aliphatic carbocycles. The van der Waals surface area contributed by atoms with Crippen LogP contribution in [-0.4, -0.2) is 26.4 Å². The van der Waals surface area contributed by atoms with Gasteiger partial charge in [0, 0.05) is 16.5 Å². The Kier molecular flexibility index (Phi) is 5.30. The lowest BCUT2D eigenvalue weighted by Crippen LogP contribution is -2.44. The highest BCUT2D eigenvalue weighted by Gasteiger charge is 2.23. The lowest BCUT2D eigenvalue weighted by atomic mass is 10.1. The highest BCUT2D eigenvalue weighted by Crippen LogP contribution is 2.32. The van der Waals surface area contributed by atoms with Crippen molar-refractivity contribution in [3.05, 3.63) is 46.1 Å². The van der Waals surface area contributed by atoms with Gasteiger partial charge in [-0.15, -0.1) is 11.3 Å². The van der Waals surface area contributed by atoms with Gasteiger partial charge >= 0.3 is 0 Å². The molecule has 3 rings (SSSR count). The zero-order chi connectivity index (χ0) is 19.8. The minimum atomic E-state index is -0.433. The number of thiophene rings is 1. The highest BCUT2D eigenvalue weighted by atomic mass is 32.2. The number of benzene rings is 1. The molecule has 0 saturated heterocycles. The van der Waals surface area contributed by atoms with E-state index in [9.17, 15) is 9.59 Å². The molecular formula is C19H22N4O2S2. The van der Waals surface area contributed by atoms with Crippen LogP contribution in [0.15, 0.2) is 45.7 Å². The second kappa shape index (κ2) is 7.36. The van der Waals surface area contributed by atoms with E-state index in [1.54, 1.807) is 6.92 Å². The summed E-state index contributed by atoms with van der Waals surface area (Å²) in [6, 6.07) is 9.67. The maximum atomic E-state index is 12.9. The fourth-order valence-electron chi connectivity index (χ4n) is 2.58. The van der Waals surface area contributed by atoms with Gasteiger partial charge in [-0.2, -0.15) is 0 Å². The number of carbonyl (C=O) groups is 1. The SMILES string of the molecule is C[C@@H](Sc1nc2scc(-c3ccccc3)c2c(=O)n1N)C(=O)NC(C)(C)C. The average Bonchev–Trinajstić information content (AvgIpc) is 3.02. The third-order valence-corrected chi connectivity index (χ3v) is 5.78. The fraction of sp³-hybridized carbons (Fsp3) is 0.316. The summed E-state index contributed by atoms with van der Waals surface area (Å²) in [6.45, 7) is 7.53. The van der Waals surface area contributed by atoms with Crippen LogP contribution in [0.2, 0.25) is 0 Å². The van der Waals surface area contributed by atoms with E-state index in [0.29, 0.717) is 15.4 Å². The van der Waals surface area contributed by atoms with Crippen LogP contribution in [0.1, 0.15) is 27.7 Å². The predicted octanol–water partition coefficient (Wildman–Crippen LogP) is 3.23. The second-order valence-corrected chi connectivity index (χ2v) is 9.43. The first kappa shape index (κ1) is 19.4. The van der Waals surface area contributed by atoms with Crippen molar-refractivity contribution in [2.75, 3.05) is 5.84 Å². The van der Waals surface area contributed by atoms with Crippen molar-refractivity contribution in [2.24, 2.45) is 0 Å². The van der Waals surface area contributed by atoms with E-state index in [4.69, 9.17) is 5.84 Å². The molecule has 1 atom stereocenters. The molecule has 0 saturated carbocycles. The van der Waals surface area contributed by atoms with E-state index in [0.717, 1.165) is 15.8 Å². The zero-order valence-corrected chi connectivity index (χ0v) is 17.3. The topological polar surface area (TPSA) is 90.0 Å². The number of rotatable bonds is 4. The van der Waals surface area contributed by atoms with E-state index in [2.05, 4.69) is 10.3 Å². The largest absolute Gasteiger partial charge is 0.351 e. The van der Waals surface area contributed by atoms with Crippen LogP contribution in [0.4, 0.5) is 0 Å². The quantitative estimate of drug-likeness (QED) is 0.397. The summed E-state index contributed by atoms with van der Waals surface area (Å²) >= 11 is 2.57.